The van der Waals surface area contributed by atoms with E-state index in [1.165, 1.54) is 0 Å². The Kier molecular flexibility index (Phi) is 4.39. The van der Waals surface area contributed by atoms with Crippen molar-refractivity contribution >= 4 is 16.0 Å². The van der Waals surface area contributed by atoms with E-state index in [-0.39, 0.29) is 4.90 Å². The molecule has 104 valence electrons. The highest BCUT2D eigenvalue weighted by atomic mass is 32.2. The van der Waals surface area contributed by atoms with Crippen LogP contribution in [-0.4, -0.2) is 39.2 Å². The lowest BCUT2D eigenvalue weighted by Gasteiger charge is -2.26. The van der Waals surface area contributed by atoms with Crippen LogP contribution in [-0.2, 0) is 10.0 Å². The van der Waals surface area contributed by atoms with Crippen molar-refractivity contribution in [2.75, 3.05) is 19.9 Å². The first-order valence-corrected chi connectivity index (χ1v) is 7.68. The Labute approximate surface area is 113 Å². The predicted octanol–water partition coefficient (Wildman–Crippen LogP) is 0.551. The largest absolute Gasteiger partial charge is 0.343 e. The summed E-state index contributed by atoms with van der Waals surface area (Å²) in [5.74, 6) is 0.302. The third kappa shape index (κ3) is 3.68. The van der Waals surface area contributed by atoms with E-state index in [1.54, 1.807) is 30.3 Å². The number of nitrogens with one attached hydrogen (secondary N) is 2. The van der Waals surface area contributed by atoms with E-state index in [4.69, 9.17) is 0 Å². The molecule has 0 unspecified atom stereocenters. The first-order valence-electron chi connectivity index (χ1n) is 6.20. The molecular formula is C12H18N4O2S. The molecule has 0 fully saturated rings. The molecule has 0 saturated heterocycles. The van der Waals surface area contributed by atoms with Crippen LogP contribution in [0.5, 0.6) is 0 Å². The van der Waals surface area contributed by atoms with Crippen molar-refractivity contribution in [2.45, 2.75) is 18.2 Å². The number of sulfonamides is 1. The average molecular weight is 282 g/mol. The summed E-state index contributed by atoms with van der Waals surface area (Å²) in [5.41, 5.74) is 0. The van der Waals surface area contributed by atoms with Gasteiger partial charge in [0, 0.05) is 6.54 Å². The topological polar surface area (TPSA) is 73.8 Å². The molecule has 1 aliphatic heterocycles. The average Bonchev–Trinajstić information content (AvgIpc) is 2.42. The Bertz CT molecular complexity index is 542. The molecule has 0 saturated carbocycles. The minimum absolute atomic E-state index is 0.232. The second-order valence-electron chi connectivity index (χ2n) is 4.30. The van der Waals surface area contributed by atoms with Crippen molar-refractivity contribution in [3.05, 3.63) is 30.3 Å². The van der Waals surface area contributed by atoms with Gasteiger partial charge in [0.25, 0.3) is 10.0 Å². The zero-order chi connectivity index (χ0) is 13.7. The molecule has 19 heavy (non-hydrogen) atoms. The van der Waals surface area contributed by atoms with Crippen LogP contribution in [0.1, 0.15) is 13.3 Å². The molecule has 1 aliphatic rings. The highest BCUT2D eigenvalue weighted by molar-refractivity contribution is 7.90. The molecule has 1 heterocycles. The summed E-state index contributed by atoms with van der Waals surface area (Å²) in [6.45, 7) is 4.14. The van der Waals surface area contributed by atoms with Crippen LogP contribution in [0.15, 0.2) is 40.2 Å². The van der Waals surface area contributed by atoms with Crippen molar-refractivity contribution in [3.63, 3.8) is 0 Å². The lowest BCUT2D eigenvalue weighted by Crippen LogP contribution is -2.50. The maximum Gasteiger partial charge on any atom is 0.264 e. The normalized spacial score (nSPS) is 16.6. The molecule has 0 atom stereocenters. The molecule has 6 nitrogen and oxygen atoms in total. The summed E-state index contributed by atoms with van der Waals surface area (Å²) in [5, 5.41) is 2.97. The van der Waals surface area contributed by atoms with E-state index in [2.05, 4.69) is 26.9 Å². The van der Waals surface area contributed by atoms with Crippen LogP contribution in [0, 0.1) is 0 Å². The highest BCUT2D eigenvalue weighted by Gasteiger charge is 2.18. The van der Waals surface area contributed by atoms with E-state index in [1.807, 2.05) is 0 Å². The van der Waals surface area contributed by atoms with Crippen molar-refractivity contribution < 1.29 is 8.42 Å². The van der Waals surface area contributed by atoms with Gasteiger partial charge in [0.1, 0.15) is 0 Å². The molecular weight excluding hydrogens is 264 g/mol. The number of nitrogens with zero attached hydrogens (tertiary/aromatic N) is 2. The third-order valence-corrected chi connectivity index (χ3v) is 4.08. The smallest absolute Gasteiger partial charge is 0.264 e. The highest BCUT2D eigenvalue weighted by Crippen LogP contribution is 2.07. The van der Waals surface area contributed by atoms with E-state index < -0.39 is 10.0 Å². The van der Waals surface area contributed by atoms with Gasteiger partial charge in [-0.15, -0.1) is 0 Å². The number of hydrogen-bond donors (Lipinski definition) is 2. The van der Waals surface area contributed by atoms with Crippen molar-refractivity contribution in [3.8, 4) is 0 Å². The van der Waals surface area contributed by atoms with Gasteiger partial charge in [-0.3, -0.25) is 4.90 Å². The zero-order valence-electron chi connectivity index (χ0n) is 10.8. The molecule has 0 aromatic heterocycles. The van der Waals surface area contributed by atoms with Crippen LogP contribution in [0.25, 0.3) is 0 Å². The number of guanidine groups is 1. The number of rotatable bonds is 4. The second-order valence-corrected chi connectivity index (χ2v) is 5.98. The van der Waals surface area contributed by atoms with E-state index in [0.717, 1.165) is 13.0 Å². The molecule has 0 bridgehead atoms. The van der Waals surface area contributed by atoms with Gasteiger partial charge in [-0.1, -0.05) is 25.1 Å². The molecule has 0 amide bonds. The van der Waals surface area contributed by atoms with E-state index in [9.17, 15) is 8.42 Å². The van der Waals surface area contributed by atoms with Gasteiger partial charge in [-0.2, -0.15) is 0 Å². The fraction of sp³-hybridized carbons (Fsp3) is 0.417. The molecule has 2 N–H and O–H groups in total. The minimum atomic E-state index is -3.55. The monoisotopic (exact) mass is 282 g/mol. The Hall–Kier alpha value is -1.60. The van der Waals surface area contributed by atoms with E-state index >= 15 is 0 Å². The zero-order valence-corrected chi connectivity index (χ0v) is 11.7. The molecule has 2 rings (SSSR count). The quantitative estimate of drug-likeness (QED) is 0.846. The molecule has 1 aromatic rings. The van der Waals surface area contributed by atoms with Gasteiger partial charge in [-0.25, -0.2) is 18.1 Å². The van der Waals surface area contributed by atoms with Crippen LogP contribution in [0.4, 0.5) is 0 Å². The van der Waals surface area contributed by atoms with Crippen LogP contribution < -0.4 is 10.0 Å². The maximum absolute atomic E-state index is 12.1. The van der Waals surface area contributed by atoms with Crippen molar-refractivity contribution in [2.24, 2.45) is 4.99 Å². The molecule has 0 spiro atoms. The summed E-state index contributed by atoms with van der Waals surface area (Å²) in [6, 6.07) is 8.25. The third-order valence-electron chi connectivity index (χ3n) is 2.72. The molecule has 0 aliphatic carbocycles. The van der Waals surface area contributed by atoms with Crippen molar-refractivity contribution in [1.82, 2.24) is 14.9 Å². The Morgan fingerprint density at radius 2 is 2.11 bits per heavy atom. The fourth-order valence-corrected chi connectivity index (χ4v) is 2.81. The SMILES string of the molecule is CCCN1CN=C(NS(=O)(=O)c2ccccc2)NC1. The first-order chi connectivity index (χ1) is 9.12. The second kappa shape index (κ2) is 6.03. The summed E-state index contributed by atoms with van der Waals surface area (Å²) >= 11 is 0. The summed E-state index contributed by atoms with van der Waals surface area (Å²) < 4.78 is 26.6. The molecule has 0 radical (unpaired) electrons. The minimum Gasteiger partial charge on any atom is -0.343 e. The van der Waals surface area contributed by atoms with Gasteiger partial charge < -0.3 is 5.32 Å². The van der Waals surface area contributed by atoms with Crippen LogP contribution in [0.2, 0.25) is 0 Å². The molecule has 7 heteroatoms. The fourth-order valence-electron chi connectivity index (χ4n) is 1.78. The van der Waals surface area contributed by atoms with Crippen molar-refractivity contribution in [1.29, 1.82) is 0 Å². The predicted molar refractivity (Wildman–Crippen MR) is 74.1 cm³/mol. The summed E-state index contributed by atoms with van der Waals surface area (Å²) in [6.07, 6.45) is 1.04. The van der Waals surface area contributed by atoms with Gasteiger partial charge >= 0.3 is 0 Å². The van der Waals surface area contributed by atoms with E-state index in [0.29, 0.717) is 19.3 Å². The van der Waals surface area contributed by atoms with Gasteiger partial charge in [0.05, 0.1) is 18.2 Å². The summed E-state index contributed by atoms with van der Waals surface area (Å²) in [4.78, 5) is 6.51. The van der Waals surface area contributed by atoms with Gasteiger partial charge in [-0.05, 0) is 18.6 Å². The first kappa shape index (κ1) is 13.8. The summed E-state index contributed by atoms with van der Waals surface area (Å²) in [7, 11) is -3.55. The standard InChI is InChI=1S/C12H18N4O2S/c1-2-8-16-9-13-12(14-10-16)15-19(17,18)11-6-4-3-5-7-11/h3-7H,2,8-10H2,1H3,(H2,13,14,15). The van der Waals surface area contributed by atoms with Gasteiger partial charge in [0.15, 0.2) is 0 Å². The lowest BCUT2D eigenvalue weighted by molar-refractivity contribution is 0.264. The number of hydrogen-bond acceptors (Lipinski definition) is 5. The Morgan fingerprint density at radius 1 is 1.37 bits per heavy atom. The van der Waals surface area contributed by atoms with Crippen LogP contribution >= 0.6 is 0 Å². The lowest BCUT2D eigenvalue weighted by atomic mass is 10.4. The Balaban J connectivity index is 2.02. The van der Waals surface area contributed by atoms with Gasteiger partial charge in [0.2, 0.25) is 5.96 Å². The Morgan fingerprint density at radius 3 is 2.68 bits per heavy atom. The number of benzene rings is 1. The van der Waals surface area contributed by atoms with Crippen LogP contribution in [0.3, 0.4) is 0 Å². The molecule has 1 aromatic carbocycles. The number of aliphatic imine (C=N–C) groups is 1. The maximum atomic E-state index is 12.1.